The standard InChI is InChI=1S/C19H21N3O5/c1-10(23)20-7-13-8-21(18(25)27-13)12-5-3-11(4-6-12)19-9-22(17(24)26-2)16-14(19)15(16)19/h3-6,13-16H,7-9H2,1-2H3,(H,20,23)/t13-,14?,15?,16?,19?/m0/s1. The summed E-state index contributed by atoms with van der Waals surface area (Å²) in [5, 5.41) is 2.67. The number of cyclic esters (lactones) is 1. The van der Waals surface area contributed by atoms with Crippen LogP contribution in [0.2, 0.25) is 0 Å². The molecule has 0 spiro atoms. The van der Waals surface area contributed by atoms with Crippen LogP contribution in [0, 0.1) is 11.8 Å². The Kier molecular flexibility index (Phi) is 3.26. The quantitative estimate of drug-likeness (QED) is 0.856. The van der Waals surface area contributed by atoms with E-state index in [1.54, 1.807) is 4.90 Å². The fourth-order valence-electron chi connectivity index (χ4n) is 5.10. The second-order valence-electron chi connectivity index (χ2n) is 7.78. The Morgan fingerprint density at radius 1 is 1.30 bits per heavy atom. The molecule has 0 aromatic heterocycles. The van der Waals surface area contributed by atoms with Crippen LogP contribution in [0.3, 0.4) is 0 Å². The maximum absolute atomic E-state index is 12.1. The number of benzene rings is 1. The molecule has 6 rings (SSSR count). The number of rotatable bonds is 4. The van der Waals surface area contributed by atoms with Crippen molar-refractivity contribution >= 4 is 23.8 Å². The first kappa shape index (κ1) is 16.4. The van der Waals surface area contributed by atoms with Crippen molar-refractivity contribution in [3.8, 4) is 0 Å². The predicted octanol–water partition coefficient (Wildman–Crippen LogP) is 1.10. The highest BCUT2D eigenvalue weighted by atomic mass is 16.6. The molecule has 1 aromatic rings. The van der Waals surface area contributed by atoms with Gasteiger partial charge in [-0.25, -0.2) is 9.59 Å². The van der Waals surface area contributed by atoms with Gasteiger partial charge in [0.2, 0.25) is 5.91 Å². The molecule has 2 saturated carbocycles. The molecule has 1 aromatic carbocycles. The molecule has 142 valence electrons. The number of ether oxygens (including phenoxy) is 2. The Labute approximate surface area is 156 Å². The van der Waals surface area contributed by atoms with E-state index in [-0.39, 0.29) is 23.5 Å². The molecule has 0 radical (unpaired) electrons. The Balaban J connectivity index is 1.27. The van der Waals surface area contributed by atoms with Crippen molar-refractivity contribution in [2.75, 3.05) is 31.6 Å². The number of carbonyl (C=O) groups excluding carboxylic acids is 3. The summed E-state index contributed by atoms with van der Waals surface area (Å²) in [4.78, 5) is 38.4. The Hall–Kier alpha value is -2.77. The van der Waals surface area contributed by atoms with Crippen molar-refractivity contribution in [2.24, 2.45) is 11.8 Å². The predicted molar refractivity (Wildman–Crippen MR) is 94.3 cm³/mol. The average Bonchev–Trinajstić information content (AvgIpc) is 3.39. The van der Waals surface area contributed by atoms with Crippen molar-refractivity contribution in [1.29, 1.82) is 0 Å². The molecule has 2 aliphatic carbocycles. The molecule has 2 bridgehead atoms. The van der Waals surface area contributed by atoms with Gasteiger partial charge in [-0.15, -0.1) is 0 Å². The lowest BCUT2D eigenvalue weighted by Crippen LogP contribution is -2.33. The zero-order valence-corrected chi connectivity index (χ0v) is 15.2. The van der Waals surface area contributed by atoms with E-state index in [9.17, 15) is 14.4 Å². The van der Waals surface area contributed by atoms with Gasteiger partial charge in [0.05, 0.1) is 20.2 Å². The van der Waals surface area contributed by atoms with Gasteiger partial charge in [0.25, 0.3) is 0 Å². The highest BCUT2D eigenvalue weighted by Gasteiger charge is 2.91. The summed E-state index contributed by atoms with van der Waals surface area (Å²) in [7, 11) is 1.42. The third kappa shape index (κ3) is 2.18. The van der Waals surface area contributed by atoms with Gasteiger partial charge in [0.1, 0.15) is 6.10 Å². The number of methoxy groups -OCH3 is 1. The van der Waals surface area contributed by atoms with Crippen LogP contribution in [-0.4, -0.2) is 61.9 Å². The van der Waals surface area contributed by atoms with Crippen molar-refractivity contribution < 1.29 is 23.9 Å². The van der Waals surface area contributed by atoms with E-state index in [1.807, 2.05) is 29.2 Å². The van der Waals surface area contributed by atoms with E-state index < -0.39 is 6.09 Å². The van der Waals surface area contributed by atoms with Crippen LogP contribution in [0.25, 0.3) is 0 Å². The van der Waals surface area contributed by atoms with E-state index in [4.69, 9.17) is 9.47 Å². The third-order valence-corrected chi connectivity index (χ3v) is 6.43. The summed E-state index contributed by atoms with van der Waals surface area (Å²) < 4.78 is 10.2. The number of nitrogens with zero attached hydrogens (tertiary/aromatic N) is 2. The van der Waals surface area contributed by atoms with Crippen LogP contribution in [0.4, 0.5) is 15.3 Å². The second kappa shape index (κ2) is 5.37. The minimum absolute atomic E-state index is 0.0802. The van der Waals surface area contributed by atoms with E-state index in [2.05, 4.69) is 5.32 Å². The van der Waals surface area contributed by atoms with E-state index in [0.717, 1.165) is 5.69 Å². The number of carbonyl (C=O) groups is 3. The van der Waals surface area contributed by atoms with E-state index >= 15 is 0 Å². The lowest BCUT2D eigenvalue weighted by Gasteiger charge is -2.18. The topological polar surface area (TPSA) is 88.2 Å². The van der Waals surface area contributed by atoms with Gasteiger partial charge in [0, 0.05) is 30.6 Å². The zero-order valence-electron chi connectivity index (χ0n) is 15.2. The largest absolute Gasteiger partial charge is 0.453 e. The van der Waals surface area contributed by atoms with Gasteiger partial charge in [-0.1, -0.05) is 12.1 Å². The van der Waals surface area contributed by atoms with Gasteiger partial charge in [-0.05, 0) is 29.5 Å². The molecule has 27 heavy (non-hydrogen) atoms. The van der Waals surface area contributed by atoms with Crippen molar-refractivity contribution in [2.45, 2.75) is 24.5 Å². The fourth-order valence-corrected chi connectivity index (χ4v) is 5.10. The van der Waals surface area contributed by atoms with Crippen LogP contribution in [-0.2, 0) is 19.7 Å². The minimum Gasteiger partial charge on any atom is -0.453 e. The van der Waals surface area contributed by atoms with Gasteiger partial charge in [-0.3, -0.25) is 9.69 Å². The number of amides is 3. The molecular weight excluding hydrogens is 350 g/mol. The van der Waals surface area contributed by atoms with Crippen LogP contribution >= 0.6 is 0 Å². The Bertz CT molecular complexity index is 828. The molecule has 2 unspecified atom stereocenters. The second-order valence-corrected chi connectivity index (χ2v) is 7.78. The van der Waals surface area contributed by atoms with Gasteiger partial charge in [-0.2, -0.15) is 0 Å². The summed E-state index contributed by atoms with van der Waals surface area (Å²) in [6.45, 7) is 2.87. The summed E-state index contributed by atoms with van der Waals surface area (Å²) in [5.41, 5.74) is 2.07. The molecule has 3 saturated heterocycles. The molecule has 8 heteroatoms. The highest BCUT2D eigenvalue weighted by Crippen LogP contribution is 2.83. The maximum Gasteiger partial charge on any atom is 0.414 e. The molecular formula is C19H21N3O5. The lowest BCUT2D eigenvalue weighted by molar-refractivity contribution is -0.119. The van der Waals surface area contributed by atoms with Crippen LogP contribution in [0.5, 0.6) is 0 Å². The fraction of sp³-hybridized carbons (Fsp3) is 0.526. The van der Waals surface area contributed by atoms with Gasteiger partial charge in [0.15, 0.2) is 0 Å². The van der Waals surface area contributed by atoms with Crippen LogP contribution in [0.1, 0.15) is 12.5 Å². The number of hydrogen-bond donors (Lipinski definition) is 1. The third-order valence-electron chi connectivity index (χ3n) is 6.43. The lowest BCUT2D eigenvalue weighted by atomic mass is 9.88. The summed E-state index contributed by atoms with van der Waals surface area (Å²) in [6.07, 6.45) is -0.989. The number of hydrogen-bond acceptors (Lipinski definition) is 5. The van der Waals surface area contributed by atoms with Crippen molar-refractivity contribution in [3.05, 3.63) is 29.8 Å². The Morgan fingerprint density at radius 2 is 2.00 bits per heavy atom. The van der Waals surface area contributed by atoms with Crippen LogP contribution < -0.4 is 10.2 Å². The SMILES string of the molecule is COC(=O)N1CC2(c3ccc(N4C[C@H](CNC(C)=O)OC4=O)cc3)C3C1C32. The Morgan fingerprint density at radius 3 is 2.63 bits per heavy atom. The van der Waals surface area contributed by atoms with Gasteiger partial charge >= 0.3 is 12.2 Å². The van der Waals surface area contributed by atoms with E-state index in [0.29, 0.717) is 37.5 Å². The number of piperidine rings is 1. The normalized spacial score (nSPS) is 34.8. The van der Waals surface area contributed by atoms with Crippen molar-refractivity contribution in [1.82, 2.24) is 10.2 Å². The number of nitrogens with one attached hydrogen (secondary N) is 1. The smallest absolute Gasteiger partial charge is 0.414 e. The summed E-state index contributed by atoms with van der Waals surface area (Å²) in [6, 6.07) is 8.31. The molecule has 5 aliphatic rings. The van der Waals surface area contributed by atoms with Gasteiger partial charge < -0.3 is 19.7 Å². The monoisotopic (exact) mass is 371 g/mol. The first-order chi connectivity index (χ1) is 13.0. The maximum atomic E-state index is 12.1. The highest BCUT2D eigenvalue weighted by molar-refractivity contribution is 5.90. The minimum atomic E-state index is -0.400. The molecule has 3 amide bonds. The average molecular weight is 371 g/mol. The zero-order chi connectivity index (χ0) is 18.9. The molecule has 1 N–H and O–H groups in total. The molecule has 3 atom stereocenters. The number of anilines is 1. The first-order valence-electron chi connectivity index (χ1n) is 9.15. The summed E-state index contributed by atoms with van der Waals surface area (Å²) >= 11 is 0. The summed E-state index contributed by atoms with van der Waals surface area (Å²) in [5.74, 6) is 0.967. The van der Waals surface area contributed by atoms with Crippen LogP contribution in [0.15, 0.2) is 24.3 Å². The molecule has 8 nitrogen and oxygen atoms in total. The molecule has 5 fully saturated rings. The molecule has 3 aliphatic heterocycles. The van der Waals surface area contributed by atoms with E-state index in [1.165, 1.54) is 19.6 Å². The van der Waals surface area contributed by atoms with Crippen molar-refractivity contribution in [3.63, 3.8) is 0 Å². The first-order valence-corrected chi connectivity index (χ1v) is 9.15. The molecule has 3 heterocycles. The number of fused-ring (bicyclic) bond motifs is 1.